The number of likely N-dealkylation sites (N-methyl/N-ethyl adjacent to an activating group) is 4. The molecule has 0 unspecified atom stereocenters. The first kappa shape index (κ1) is 105. The van der Waals surface area contributed by atoms with E-state index < -0.39 is 241 Å². The second-order valence-electron chi connectivity index (χ2n) is 34.9. The Morgan fingerprint density at radius 1 is 0.561 bits per heavy atom. The van der Waals surface area contributed by atoms with Crippen LogP contribution in [-0.4, -0.2) is 282 Å². The Morgan fingerprint density at radius 3 is 1.73 bits per heavy atom. The molecule has 18 N–H and O–H groups in total. The number of guanidine groups is 1. The highest BCUT2D eigenvalue weighted by Gasteiger charge is 2.44. The number of ketones is 4. The van der Waals surface area contributed by atoms with Gasteiger partial charge in [0.05, 0.1) is 62.2 Å². The normalized spacial score (nSPS) is 23.8. The van der Waals surface area contributed by atoms with E-state index in [4.69, 9.17) is 22.6 Å². The van der Waals surface area contributed by atoms with E-state index in [0.29, 0.717) is 69.9 Å². The molecule has 8 rings (SSSR count). The summed E-state index contributed by atoms with van der Waals surface area (Å²) in [6.07, 6.45) is 5.17. The van der Waals surface area contributed by atoms with Crippen LogP contribution in [0.15, 0.2) is 104 Å². The smallest absolute Gasteiger partial charge is 0.246 e. The van der Waals surface area contributed by atoms with Crippen LogP contribution >= 0.6 is 11.8 Å². The predicted octanol–water partition coefficient (Wildman–Crippen LogP) is 2.22. The van der Waals surface area contributed by atoms with Gasteiger partial charge in [0, 0.05) is 156 Å². The van der Waals surface area contributed by atoms with Crippen molar-refractivity contribution in [3.8, 4) is 0 Å². The number of Topliss-reactive ketones (excluding diaryl/α,β-unsaturated/α-hetero) is 4. The number of aromatic nitrogens is 4. The molecule has 2 aliphatic heterocycles. The highest BCUT2D eigenvalue weighted by molar-refractivity contribution is 8.00. The van der Waals surface area contributed by atoms with Crippen molar-refractivity contribution in [2.75, 3.05) is 72.5 Å². The second kappa shape index (κ2) is 51.2. The number of carbonyl (C=O) groups excluding carboxylic acids is 17. The third-order valence-corrected chi connectivity index (χ3v) is 25.4. The number of imidazole rings is 1. The van der Waals surface area contributed by atoms with E-state index in [9.17, 15) is 53.1 Å². The second-order valence-corrected chi connectivity index (χ2v) is 35.9. The fourth-order valence-corrected chi connectivity index (χ4v) is 17.8. The van der Waals surface area contributed by atoms with E-state index in [1.165, 1.54) is 62.3 Å². The van der Waals surface area contributed by atoms with Crippen molar-refractivity contribution in [3.63, 3.8) is 0 Å². The van der Waals surface area contributed by atoms with Crippen LogP contribution in [-0.2, 0) is 107 Å². The fraction of sp³-hybridized carbons (Fsp3) is 0.538. The molecule has 13 atom stereocenters. The highest BCUT2D eigenvalue weighted by atomic mass is 32.2. The number of nitrogens with zero attached hydrogens (tertiary/aromatic N) is 6. The van der Waals surface area contributed by atoms with E-state index in [1.54, 1.807) is 85.2 Å². The van der Waals surface area contributed by atoms with E-state index >= 15 is 33.6 Å². The van der Waals surface area contributed by atoms with Crippen molar-refractivity contribution in [1.29, 1.82) is 5.41 Å². The molecule has 2 aliphatic rings. The molecule has 5 heterocycles. The van der Waals surface area contributed by atoms with Crippen molar-refractivity contribution in [2.24, 2.45) is 46.8 Å². The Hall–Kier alpha value is -12.7. The van der Waals surface area contributed by atoms with Crippen LogP contribution in [0.25, 0.3) is 21.8 Å². The van der Waals surface area contributed by atoms with Crippen molar-refractivity contribution in [1.82, 2.24) is 81.7 Å². The Balaban J connectivity index is 1.18. The molecule has 3 aromatic heterocycles. The number of hydrogen-bond acceptors (Lipinski definition) is 21. The van der Waals surface area contributed by atoms with Gasteiger partial charge in [-0.1, -0.05) is 120 Å². The number of unbranched alkanes of at least 4 members (excludes halogenated alkanes) is 2. The molecular weight excluding hydrogens is 1720 g/mol. The molecule has 0 radical (unpaired) electrons. The van der Waals surface area contributed by atoms with E-state index in [2.05, 4.69) is 57.2 Å². The summed E-state index contributed by atoms with van der Waals surface area (Å²) in [5.41, 5.74) is 20.4. The van der Waals surface area contributed by atoms with Crippen molar-refractivity contribution in [3.05, 3.63) is 126 Å². The molecule has 3 aromatic carbocycles. The Kier molecular flexibility index (Phi) is 40.6. The number of rotatable bonds is 26. The lowest BCUT2D eigenvalue weighted by atomic mass is 9.83. The Morgan fingerprint density at radius 2 is 1.13 bits per heavy atom. The average molecular weight is 1850 g/mol. The van der Waals surface area contributed by atoms with E-state index in [0.717, 1.165) is 21.6 Å². The first-order valence-corrected chi connectivity index (χ1v) is 46.3. The maximum Gasteiger partial charge on any atom is 0.246 e. The first-order valence-electron chi connectivity index (χ1n) is 45.1. The van der Waals surface area contributed by atoms with Gasteiger partial charge in [0.2, 0.25) is 76.8 Å². The monoisotopic (exact) mass is 1850 g/mol. The number of thioether (sulfide) groups is 1. The maximum absolute atomic E-state index is 15.7. The predicted molar refractivity (Wildman–Crippen MR) is 494 cm³/mol. The number of aromatic amines is 3. The largest absolute Gasteiger partial charge is 0.396 e. The molecule has 38 nitrogen and oxygen atoms in total. The topological polar surface area (TPSA) is 573 Å². The molecule has 0 aliphatic carbocycles. The summed E-state index contributed by atoms with van der Waals surface area (Å²) < 4.78 is 0. The highest BCUT2D eigenvalue weighted by Crippen LogP contribution is 2.31. The lowest BCUT2D eigenvalue weighted by Gasteiger charge is -2.36. The number of benzene rings is 3. The molecule has 39 heteroatoms. The lowest BCUT2D eigenvalue weighted by molar-refractivity contribution is -0.149. The van der Waals surface area contributed by atoms with Crippen LogP contribution < -0.4 is 54.4 Å². The van der Waals surface area contributed by atoms with E-state index in [-0.39, 0.29) is 95.4 Å². The number of amides is 13. The number of aliphatic hydroxyl groups excluding tert-OH is 1. The van der Waals surface area contributed by atoms with Gasteiger partial charge in [-0.15, -0.1) is 11.8 Å². The van der Waals surface area contributed by atoms with Crippen molar-refractivity contribution >= 4 is 139 Å². The first-order chi connectivity index (χ1) is 62.9. The molecule has 132 heavy (non-hydrogen) atoms. The Bertz CT molecular complexity index is 5040. The minimum absolute atomic E-state index is 0.0318. The molecule has 6 aromatic rings. The van der Waals surface area contributed by atoms with Gasteiger partial charge in [-0.25, -0.2) is 4.98 Å². The number of fused-ring (bicyclic) bond motifs is 3. The van der Waals surface area contributed by atoms with Crippen LogP contribution in [0.1, 0.15) is 160 Å². The summed E-state index contributed by atoms with van der Waals surface area (Å²) in [5.74, 6) is -20.0. The molecule has 2 saturated heterocycles. The summed E-state index contributed by atoms with van der Waals surface area (Å²) in [5, 5.41) is 39.1. The Labute approximate surface area is 772 Å². The summed E-state index contributed by atoms with van der Waals surface area (Å²) >= 11 is 0.825. The maximum atomic E-state index is 15.7. The standard InChI is InChI=1S/C93H130N20O18S/c1-10-12-30-73-78(117)40-57(25-21-33-99-93(96)97)85(124)108-72(87(126)102-48-81(95)120)51-132-52-83(122)105-69(36-56-23-15-14-16-24-56)89(128)110(7)55(5)84(123)106-71(44-80(94)119)91(130)113-34-22-32-74(113)79(118)41-58(37-63-47-98-53-103-63)76(115)42-59(35-54(3)4)88(127)109(6)49-82(121)104-68(38-60-45-100-66-28-19-17-26-64(60)66)77(116)43-62(50-114)86(125)107-70(39-61-46-101-67-29-20-18-27-65(61)67)90(129)112(9)75(31-13-11-2)92(131)111(73)8/h14-20,23-24,26-29,45-47,53-55,57-59,62,68-75,100-101,114H,10-13,21-22,25,30-44,48-52H2,1-9H3,(H2,94,119)(H2,95,120)(H,98,103)(H,102,126)(H,104,121)(H,105,122)(H,106,123)(H,107,125)(H,108,124)(H4,96,97,99)/t55-,57+,58+,59+,62-,68-,69-,70-,71-,72-,73-,74-,75-/m0/s1. The molecule has 13 amide bonds. The summed E-state index contributed by atoms with van der Waals surface area (Å²) in [4.78, 5) is 269. The van der Waals surface area contributed by atoms with Gasteiger partial charge in [0.25, 0.3) is 0 Å². The minimum Gasteiger partial charge on any atom is -0.396 e. The summed E-state index contributed by atoms with van der Waals surface area (Å²) in [6.45, 7) is 6.47. The van der Waals surface area contributed by atoms with Crippen LogP contribution in [0, 0.1) is 35.0 Å². The zero-order valence-corrected chi connectivity index (χ0v) is 77.5. The van der Waals surface area contributed by atoms with Gasteiger partial charge >= 0.3 is 0 Å². The third-order valence-electron chi connectivity index (χ3n) is 24.4. The number of nitrogens with two attached hydrogens (primary N) is 3. The number of H-pyrrole nitrogens is 3. The number of nitrogens with one attached hydrogen (secondary N) is 11. The number of aliphatic hydroxyl groups is 1. The van der Waals surface area contributed by atoms with Gasteiger partial charge < -0.3 is 99.0 Å². The zero-order chi connectivity index (χ0) is 96.6. The van der Waals surface area contributed by atoms with Crippen LogP contribution in [0.5, 0.6) is 0 Å². The number of para-hydroxylation sites is 2. The number of hydrogen-bond donors (Lipinski definition) is 15. The van der Waals surface area contributed by atoms with Crippen molar-refractivity contribution in [2.45, 2.75) is 217 Å². The molecule has 0 bridgehead atoms. The third kappa shape index (κ3) is 30.5. The molecule has 2 fully saturated rings. The zero-order valence-electron chi connectivity index (χ0n) is 76.7. The van der Waals surface area contributed by atoms with Gasteiger partial charge in [0.1, 0.15) is 42.0 Å². The van der Waals surface area contributed by atoms with Crippen LogP contribution in [0.4, 0.5) is 0 Å². The van der Waals surface area contributed by atoms with Crippen molar-refractivity contribution < 1.29 is 86.6 Å². The van der Waals surface area contributed by atoms with Gasteiger partial charge in [-0.3, -0.25) is 86.9 Å². The van der Waals surface area contributed by atoms with Gasteiger partial charge in [-0.05, 0) is 93.0 Å². The van der Waals surface area contributed by atoms with Gasteiger partial charge in [0.15, 0.2) is 23.3 Å². The summed E-state index contributed by atoms with van der Waals surface area (Å²) in [6, 6.07) is 10.1. The lowest BCUT2D eigenvalue weighted by Crippen LogP contribution is -2.58. The van der Waals surface area contributed by atoms with Gasteiger partial charge in [-0.2, -0.15) is 0 Å². The number of primary amides is 2. The van der Waals surface area contributed by atoms with E-state index in [1.807, 2.05) is 33.8 Å². The quantitative estimate of drug-likeness (QED) is 0.0210. The molecule has 0 saturated carbocycles. The minimum atomic E-state index is -1.69. The molecule has 0 spiro atoms. The fourth-order valence-electron chi connectivity index (χ4n) is 16.9. The summed E-state index contributed by atoms with van der Waals surface area (Å²) in [7, 11) is 5.43. The van der Waals surface area contributed by atoms with Crippen LogP contribution in [0.3, 0.4) is 0 Å². The molecule has 716 valence electrons. The average Bonchev–Trinajstić information content (AvgIpc) is 1.48. The van der Waals surface area contributed by atoms with Crippen LogP contribution in [0.2, 0.25) is 0 Å². The number of carbonyl (C=O) groups is 17. The molecular formula is C93H130N20O18S. The SMILES string of the molecule is CCCC[C@H]1C(=O)N(C)[C@@H](CCCC)C(=O)C[C@@H](CCCNC(=N)N)C(=O)N[C@H](C(=O)NCC(N)=O)CSCC(=O)N[C@@H](Cc2ccccc2)C(=O)N(C)[C@@H](C)C(=O)N[C@@H](CC(N)=O)C(=O)N2CCC[C@H]2C(=O)C[C@@H](Cc2cnc[nH]2)C(=O)C[C@@H](CC(C)C)C(=O)N(C)CC(=O)N[C@@H](Cc2c[nH]c3ccccc23)C(=O)C[C@@H](CO)C(=O)N[C@@H](Cc2c[nH]c3ccccc23)C(=O)N1C.